The Labute approximate surface area is 107 Å². The molecule has 0 radical (unpaired) electrons. The summed E-state index contributed by atoms with van der Waals surface area (Å²) in [5, 5.41) is 0. The second kappa shape index (κ2) is 5.53. The number of nitrogens with zero attached hydrogens (tertiary/aromatic N) is 3. The summed E-state index contributed by atoms with van der Waals surface area (Å²) in [4.78, 5) is 8.51. The molecule has 2 aromatic rings. The molecule has 18 heavy (non-hydrogen) atoms. The first-order chi connectivity index (χ1) is 8.76. The van der Waals surface area contributed by atoms with E-state index in [9.17, 15) is 0 Å². The number of rotatable bonds is 5. The molecule has 0 atom stereocenters. The largest absolute Gasteiger partial charge is 0.481 e. The second-order valence-corrected chi connectivity index (χ2v) is 4.11. The minimum atomic E-state index is 0.586. The molecular formula is C13H18N4O. The van der Waals surface area contributed by atoms with Crippen LogP contribution in [-0.2, 0) is 6.54 Å². The lowest BCUT2D eigenvalue weighted by atomic mass is 10.2. The van der Waals surface area contributed by atoms with Crippen LogP contribution in [0.25, 0.3) is 11.3 Å². The highest BCUT2D eigenvalue weighted by molar-refractivity contribution is 5.69. The Morgan fingerprint density at radius 3 is 2.78 bits per heavy atom. The van der Waals surface area contributed by atoms with Gasteiger partial charge in [0.25, 0.3) is 0 Å². The van der Waals surface area contributed by atoms with Crippen LogP contribution in [0.2, 0.25) is 0 Å². The third-order valence-electron chi connectivity index (χ3n) is 2.85. The van der Waals surface area contributed by atoms with Gasteiger partial charge in [-0.05, 0) is 12.5 Å². The average Bonchev–Trinajstić information content (AvgIpc) is 2.78. The fourth-order valence-corrected chi connectivity index (χ4v) is 1.76. The summed E-state index contributed by atoms with van der Waals surface area (Å²) in [6.45, 7) is 3.06. The number of ether oxygens (including phenoxy) is 1. The molecule has 0 aliphatic heterocycles. The van der Waals surface area contributed by atoms with Gasteiger partial charge in [-0.15, -0.1) is 0 Å². The van der Waals surface area contributed by atoms with Gasteiger partial charge in [-0.1, -0.05) is 13.3 Å². The van der Waals surface area contributed by atoms with E-state index in [2.05, 4.69) is 16.9 Å². The lowest BCUT2D eigenvalue weighted by Crippen LogP contribution is -2.02. The van der Waals surface area contributed by atoms with E-state index in [1.807, 2.05) is 10.6 Å². The van der Waals surface area contributed by atoms with Crippen molar-refractivity contribution >= 4 is 5.82 Å². The molecule has 5 nitrogen and oxygen atoms in total. The number of aryl methyl sites for hydroxylation is 1. The number of nitrogens with two attached hydrogens (primary N) is 1. The lowest BCUT2D eigenvalue weighted by Gasteiger charge is -2.05. The number of imidazole rings is 1. The predicted octanol–water partition coefficient (Wildman–Crippen LogP) is 2.34. The summed E-state index contributed by atoms with van der Waals surface area (Å²) in [5.74, 6) is 1.28. The van der Waals surface area contributed by atoms with Gasteiger partial charge in [-0.25, -0.2) is 9.97 Å². The molecule has 5 heteroatoms. The summed E-state index contributed by atoms with van der Waals surface area (Å²) in [5.41, 5.74) is 7.77. The van der Waals surface area contributed by atoms with Gasteiger partial charge in [0.15, 0.2) is 0 Å². The maximum Gasteiger partial charge on any atom is 0.212 e. The first-order valence-electron chi connectivity index (χ1n) is 6.07. The number of hydrogen-bond donors (Lipinski definition) is 1. The first kappa shape index (κ1) is 12.4. The Hall–Kier alpha value is -2.04. The Bertz CT molecular complexity index is 504. The molecule has 0 aliphatic carbocycles. The number of methoxy groups -OCH3 is 1. The van der Waals surface area contributed by atoms with Gasteiger partial charge in [-0.2, -0.15) is 0 Å². The van der Waals surface area contributed by atoms with Gasteiger partial charge in [0, 0.05) is 24.4 Å². The molecule has 0 aromatic carbocycles. The van der Waals surface area contributed by atoms with E-state index in [4.69, 9.17) is 10.5 Å². The molecule has 2 heterocycles. The number of pyridine rings is 1. The lowest BCUT2D eigenvalue weighted by molar-refractivity contribution is 0.398. The van der Waals surface area contributed by atoms with Gasteiger partial charge in [0.1, 0.15) is 11.5 Å². The van der Waals surface area contributed by atoms with Crippen LogP contribution < -0.4 is 10.5 Å². The molecule has 0 spiro atoms. The minimum Gasteiger partial charge on any atom is -0.481 e. The molecule has 0 unspecified atom stereocenters. The Morgan fingerprint density at radius 1 is 1.33 bits per heavy atom. The van der Waals surface area contributed by atoms with E-state index in [0.717, 1.165) is 30.6 Å². The van der Waals surface area contributed by atoms with Crippen LogP contribution in [0, 0.1) is 0 Å². The zero-order chi connectivity index (χ0) is 13.0. The molecule has 0 saturated carbocycles. The van der Waals surface area contributed by atoms with E-state index in [1.165, 1.54) is 0 Å². The van der Waals surface area contributed by atoms with Crippen LogP contribution >= 0.6 is 0 Å². The molecule has 96 valence electrons. The summed E-state index contributed by atoms with van der Waals surface area (Å²) in [7, 11) is 1.59. The van der Waals surface area contributed by atoms with E-state index >= 15 is 0 Å². The van der Waals surface area contributed by atoms with Gasteiger partial charge < -0.3 is 15.0 Å². The van der Waals surface area contributed by atoms with E-state index < -0.39 is 0 Å². The van der Waals surface area contributed by atoms with Gasteiger partial charge in [0.05, 0.1) is 13.4 Å². The van der Waals surface area contributed by atoms with Crippen molar-refractivity contribution in [2.45, 2.75) is 26.3 Å². The van der Waals surface area contributed by atoms with Crippen molar-refractivity contribution < 1.29 is 4.74 Å². The topological polar surface area (TPSA) is 66.0 Å². The number of hydrogen-bond acceptors (Lipinski definition) is 4. The Morgan fingerprint density at radius 2 is 2.17 bits per heavy atom. The van der Waals surface area contributed by atoms with Crippen molar-refractivity contribution in [2.75, 3.05) is 12.8 Å². The van der Waals surface area contributed by atoms with E-state index in [-0.39, 0.29) is 0 Å². The highest BCUT2D eigenvalue weighted by Crippen LogP contribution is 2.24. The number of nitrogen functional groups attached to an aromatic ring is 1. The third kappa shape index (κ3) is 2.45. The number of aromatic nitrogens is 3. The van der Waals surface area contributed by atoms with Gasteiger partial charge in [0.2, 0.25) is 5.88 Å². The Balaban J connectivity index is 2.24. The predicted molar refractivity (Wildman–Crippen MR) is 71.3 cm³/mol. The molecule has 0 aliphatic rings. The van der Waals surface area contributed by atoms with Crippen LogP contribution in [0.15, 0.2) is 24.7 Å². The first-order valence-corrected chi connectivity index (χ1v) is 6.07. The number of unbranched alkanes of at least 4 members (excludes halogenated alkanes) is 1. The molecule has 0 amide bonds. The smallest absolute Gasteiger partial charge is 0.212 e. The van der Waals surface area contributed by atoms with Crippen molar-refractivity contribution in [3.8, 4) is 17.1 Å². The molecule has 2 N–H and O–H groups in total. The zero-order valence-corrected chi connectivity index (χ0v) is 10.8. The number of anilines is 1. The minimum absolute atomic E-state index is 0.586. The molecular weight excluding hydrogens is 228 g/mol. The molecule has 2 aromatic heterocycles. The van der Waals surface area contributed by atoms with Crippen LogP contribution in [0.4, 0.5) is 5.82 Å². The van der Waals surface area contributed by atoms with Crippen molar-refractivity contribution in [3.63, 3.8) is 0 Å². The average molecular weight is 246 g/mol. The summed E-state index contributed by atoms with van der Waals surface area (Å²) >= 11 is 0. The SMILES string of the molecule is CCCCn1cnc(-c2ccc(OC)nc2)c1N. The fourth-order valence-electron chi connectivity index (χ4n) is 1.76. The van der Waals surface area contributed by atoms with Crippen molar-refractivity contribution in [2.24, 2.45) is 0 Å². The molecule has 0 fully saturated rings. The maximum absolute atomic E-state index is 6.09. The Kier molecular flexibility index (Phi) is 3.82. The summed E-state index contributed by atoms with van der Waals surface area (Å²) < 4.78 is 7.00. The quantitative estimate of drug-likeness (QED) is 0.879. The molecule has 2 rings (SSSR count). The van der Waals surface area contributed by atoms with Crippen molar-refractivity contribution in [1.82, 2.24) is 14.5 Å². The highest BCUT2D eigenvalue weighted by Gasteiger charge is 2.10. The normalized spacial score (nSPS) is 10.6. The van der Waals surface area contributed by atoms with Crippen LogP contribution in [0.1, 0.15) is 19.8 Å². The molecule has 0 bridgehead atoms. The third-order valence-corrected chi connectivity index (χ3v) is 2.85. The summed E-state index contributed by atoms with van der Waals surface area (Å²) in [6, 6.07) is 3.72. The van der Waals surface area contributed by atoms with Gasteiger partial charge in [-0.3, -0.25) is 0 Å². The monoisotopic (exact) mass is 246 g/mol. The highest BCUT2D eigenvalue weighted by atomic mass is 16.5. The second-order valence-electron chi connectivity index (χ2n) is 4.11. The van der Waals surface area contributed by atoms with Crippen molar-refractivity contribution in [1.29, 1.82) is 0 Å². The van der Waals surface area contributed by atoms with Crippen LogP contribution in [-0.4, -0.2) is 21.6 Å². The van der Waals surface area contributed by atoms with Crippen LogP contribution in [0.3, 0.4) is 0 Å². The van der Waals surface area contributed by atoms with E-state index in [0.29, 0.717) is 11.7 Å². The maximum atomic E-state index is 6.09. The molecule has 0 saturated heterocycles. The zero-order valence-electron chi connectivity index (χ0n) is 10.8. The van der Waals surface area contributed by atoms with E-state index in [1.54, 1.807) is 25.7 Å². The summed E-state index contributed by atoms with van der Waals surface area (Å²) in [6.07, 6.45) is 5.74. The van der Waals surface area contributed by atoms with Gasteiger partial charge >= 0.3 is 0 Å². The standard InChI is InChI=1S/C13H18N4O/c1-3-4-7-17-9-16-12(13(17)14)10-5-6-11(18-2)15-8-10/h5-6,8-9H,3-4,7,14H2,1-2H3. The van der Waals surface area contributed by atoms with Crippen molar-refractivity contribution in [3.05, 3.63) is 24.7 Å². The fraction of sp³-hybridized carbons (Fsp3) is 0.385. The van der Waals surface area contributed by atoms with Crippen LogP contribution in [0.5, 0.6) is 5.88 Å².